The number of aromatic nitrogens is 3. The molecular formula is C42H37IrN3-2. The van der Waals surface area contributed by atoms with E-state index in [0.717, 1.165) is 33.7 Å². The van der Waals surface area contributed by atoms with Crippen LogP contribution in [0.1, 0.15) is 50.7 Å². The van der Waals surface area contributed by atoms with Crippen molar-refractivity contribution in [1.29, 1.82) is 0 Å². The third-order valence-electron chi connectivity index (χ3n) is 7.93. The zero-order valence-corrected chi connectivity index (χ0v) is 29.0. The van der Waals surface area contributed by atoms with Crippen molar-refractivity contribution in [3.63, 3.8) is 0 Å². The van der Waals surface area contributed by atoms with Crippen LogP contribution in [0.25, 0.3) is 50.5 Å². The summed E-state index contributed by atoms with van der Waals surface area (Å²) in [6.07, 6.45) is 1.79. The average Bonchev–Trinajstić information content (AvgIpc) is 3.48. The van der Waals surface area contributed by atoms with E-state index in [1.165, 1.54) is 27.9 Å². The topological polar surface area (TPSA) is 30.7 Å². The number of hydrogen-bond acceptors (Lipinski definition) is 2. The Balaban J connectivity index is 0.000000269. The number of para-hydroxylation sites is 1. The minimum absolute atomic E-state index is 0. The van der Waals surface area contributed by atoms with Crippen molar-refractivity contribution in [2.75, 3.05) is 0 Å². The van der Waals surface area contributed by atoms with E-state index >= 15 is 0 Å². The maximum absolute atomic E-state index is 5.13. The van der Waals surface area contributed by atoms with E-state index in [1.807, 2.05) is 54.6 Å². The van der Waals surface area contributed by atoms with E-state index in [4.69, 9.17) is 4.98 Å². The van der Waals surface area contributed by atoms with Gasteiger partial charge in [0, 0.05) is 32.0 Å². The van der Waals surface area contributed by atoms with Gasteiger partial charge < -0.3 is 9.55 Å². The molecular weight excluding hydrogens is 739 g/mol. The Bertz CT molecular complexity index is 1920. The Kier molecular flexibility index (Phi) is 10.8. The molecule has 46 heavy (non-hydrogen) atoms. The summed E-state index contributed by atoms with van der Waals surface area (Å²) in [7, 11) is 0. The largest absolute Gasteiger partial charge is 0.333 e. The molecule has 2 heterocycles. The molecule has 3 nitrogen and oxygen atoms in total. The fourth-order valence-electron chi connectivity index (χ4n) is 5.67. The molecule has 0 unspecified atom stereocenters. The quantitative estimate of drug-likeness (QED) is 0.158. The van der Waals surface area contributed by atoms with Gasteiger partial charge in [0.2, 0.25) is 0 Å². The second-order valence-electron chi connectivity index (χ2n) is 11.7. The molecule has 0 aliphatic rings. The number of benzene rings is 5. The Hall–Kier alpha value is -4.63. The second kappa shape index (κ2) is 15.1. The molecule has 2 aromatic heterocycles. The maximum atomic E-state index is 5.13. The molecule has 1 radical (unpaired) electrons. The van der Waals surface area contributed by atoms with E-state index in [9.17, 15) is 0 Å². The van der Waals surface area contributed by atoms with Gasteiger partial charge in [0.1, 0.15) is 0 Å². The first-order valence-electron chi connectivity index (χ1n) is 15.6. The molecule has 0 saturated carbocycles. The van der Waals surface area contributed by atoms with Gasteiger partial charge in [-0.25, -0.2) is 0 Å². The summed E-state index contributed by atoms with van der Waals surface area (Å²) in [6.45, 7) is 9.08. The second-order valence-corrected chi connectivity index (χ2v) is 11.7. The van der Waals surface area contributed by atoms with Crippen molar-refractivity contribution in [3.05, 3.63) is 163 Å². The number of rotatable bonds is 6. The fourth-order valence-corrected chi connectivity index (χ4v) is 5.67. The van der Waals surface area contributed by atoms with E-state index in [-0.39, 0.29) is 20.1 Å². The predicted molar refractivity (Wildman–Crippen MR) is 187 cm³/mol. The number of fused-ring (bicyclic) bond motifs is 1. The van der Waals surface area contributed by atoms with Crippen LogP contribution in [0, 0.1) is 12.1 Å². The van der Waals surface area contributed by atoms with Crippen molar-refractivity contribution in [2.24, 2.45) is 0 Å². The number of hydrogen-bond donors (Lipinski definition) is 0. The molecule has 0 aliphatic heterocycles. The molecule has 0 aliphatic carbocycles. The Morgan fingerprint density at radius 1 is 0.587 bits per heavy atom. The van der Waals surface area contributed by atoms with Crippen LogP contribution >= 0.6 is 0 Å². The summed E-state index contributed by atoms with van der Waals surface area (Å²) < 4.78 is 2.37. The van der Waals surface area contributed by atoms with Crippen LogP contribution in [0.15, 0.2) is 140 Å². The normalized spacial score (nSPS) is 10.8. The summed E-state index contributed by atoms with van der Waals surface area (Å²) in [5.41, 5.74) is 11.5. The van der Waals surface area contributed by atoms with Crippen LogP contribution in [0.4, 0.5) is 0 Å². The van der Waals surface area contributed by atoms with Crippen LogP contribution in [-0.4, -0.2) is 14.5 Å². The van der Waals surface area contributed by atoms with Crippen molar-refractivity contribution in [1.82, 2.24) is 14.5 Å². The number of imidazole rings is 1. The SMILES string of the molecule is CC(C)c1cccc(C(C)C)c1-n1c(-c2[c-]cccc2)nc2ccc(-c3ccccc3)cc21.[Ir].[c-]1ccccc1-c1ccccn1. The molecule has 7 rings (SSSR count). The van der Waals surface area contributed by atoms with Crippen LogP contribution in [-0.2, 0) is 20.1 Å². The van der Waals surface area contributed by atoms with Crippen molar-refractivity contribution >= 4 is 11.0 Å². The van der Waals surface area contributed by atoms with E-state index in [1.54, 1.807) is 6.20 Å². The molecule has 0 N–H and O–H groups in total. The van der Waals surface area contributed by atoms with Crippen molar-refractivity contribution in [3.8, 4) is 39.5 Å². The number of nitrogens with zero attached hydrogens (tertiary/aromatic N) is 3. The van der Waals surface area contributed by atoms with E-state index in [2.05, 4.69) is 128 Å². The monoisotopic (exact) mass is 776 g/mol. The summed E-state index contributed by atoms with van der Waals surface area (Å²) in [5, 5.41) is 0. The first-order chi connectivity index (χ1) is 22.0. The van der Waals surface area contributed by atoms with Crippen molar-refractivity contribution < 1.29 is 20.1 Å². The summed E-state index contributed by atoms with van der Waals surface area (Å²) >= 11 is 0. The van der Waals surface area contributed by atoms with Gasteiger partial charge in [-0.15, -0.1) is 71.8 Å². The molecule has 0 bridgehead atoms. The average molecular weight is 776 g/mol. The Labute approximate surface area is 286 Å². The molecule has 0 atom stereocenters. The van der Waals surface area contributed by atoms with Crippen LogP contribution in [0.2, 0.25) is 0 Å². The van der Waals surface area contributed by atoms with Gasteiger partial charge in [0.05, 0.1) is 16.9 Å². The molecule has 7 aromatic rings. The third-order valence-corrected chi connectivity index (χ3v) is 7.93. The molecule has 4 heteroatoms. The van der Waals surface area contributed by atoms with Crippen LogP contribution in [0.5, 0.6) is 0 Å². The zero-order chi connectivity index (χ0) is 31.2. The molecule has 231 valence electrons. The van der Waals surface area contributed by atoms with E-state index < -0.39 is 0 Å². The van der Waals surface area contributed by atoms with Gasteiger partial charge in [-0.05, 0) is 58.0 Å². The predicted octanol–water partition coefficient (Wildman–Crippen LogP) is 11.0. The van der Waals surface area contributed by atoms with Crippen LogP contribution < -0.4 is 0 Å². The molecule has 5 aromatic carbocycles. The first-order valence-corrected chi connectivity index (χ1v) is 15.6. The van der Waals surface area contributed by atoms with Crippen LogP contribution in [0.3, 0.4) is 0 Å². The summed E-state index contributed by atoms with van der Waals surface area (Å²) in [4.78, 5) is 9.34. The van der Waals surface area contributed by atoms with E-state index in [0.29, 0.717) is 11.8 Å². The summed E-state index contributed by atoms with van der Waals surface area (Å²) in [6, 6.07) is 52.2. The zero-order valence-electron chi connectivity index (χ0n) is 26.6. The van der Waals surface area contributed by atoms with Gasteiger partial charge in [0.15, 0.2) is 0 Å². The fraction of sp³-hybridized carbons (Fsp3) is 0.143. The van der Waals surface area contributed by atoms with Gasteiger partial charge in [0.25, 0.3) is 0 Å². The minimum atomic E-state index is 0. The standard InChI is InChI=1S/C31H29N2.C11H8N.Ir/c1-21(2)26-16-11-17-27(22(3)4)30(26)33-29-20-25(23-12-7-5-8-13-23)18-19-28(29)32-31(33)24-14-9-6-10-15-24;1-2-6-10(7-3-1)11-8-4-5-9-12-11;/h5-14,16-22H,1-4H3;1-6,8-9H;/q2*-1;. The molecule has 0 fully saturated rings. The smallest absolute Gasteiger partial charge is 0.0774 e. The first kappa shape index (κ1) is 32.8. The van der Waals surface area contributed by atoms with Gasteiger partial charge in [-0.1, -0.05) is 94.4 Å². The van der Waals surface area contributed by atoms with Gasteiger partial charge >= 0.3 is 0 Å². The molecule has 0 saturated heterocycles. The molecule has 0 spiro atoms. The summed E-state index contributed by atoms with van der Waals surface area (Å²) in [5.74, 6) is 1.72. The minimum Gasteiger partial charge on any atom is -0.333 e. The maximum Gasteiger partial charge on any atom is 0.0774 e. The number of pyridine rings is 1. The van der Waals surface area contributed by atoms with Crippen molar-refractivity contribution in [2.45, 2.75) is 39.5 Å². The third kappa shape index (κ3) is 7.10. The Morgan fingerprint density at radius 2 is 1.22 bits per heavy atom. The van der Waals surface area contributed by atoms with Gasteiger partial charge in [-0.3, -0.25) is 4.98 Å². The molecule has 0 amide bonds. The van der Waals surface area contributed by atoms with Gasteiger partial charge in [-0.2, -0.15) is 0 Å². The Morgan fingerprint density at radius 3 is 1.80 bits per heavy atom.